The van der Waals surface area contributed by atoms with Gasteiger partial charge in [-0.2, -0.15) is 0 Å². The van der Waals surface area contributed by atoms with E-state index in [4.69, 9.17) is 12.2 Å². The van der Waals surface area contributed by atoms with Gasteiger partial charge in [0.15, 0.2) is 0 Å². The van der Waals surface area contributed by atoms with Crippen molar-refractivity contribution in [1.29, 1.82) is 0 Å². The molecule has 21 heavy (non-hydrogen) atoms. The van der Waals surface area contributed by atoms with Gasteiger partial charge in [0.2, 0.25) is 0 Å². The SMILES string of the molecule is C#Cc1cc(Nc2ncnc3cnc(N)cc23)ccc1Br. The van der Waals surface area contributed by atoms with Crippen LogP contribution in [0.3, 0.4) is 0 Å². The maximum Gasteiger partial charge on any atom is 0.141 e. The van der Waals surface area contributed by atoms with Crippen LogP contribution in [0.1, 0.15) is 5.56 Å². The zero-order valence-corrected chi connectivity index (χ0v) is 12.4. The molecule has 0 atom stereocenters. The Bertz CT molecular complexity index is 870. The minimum atomic E-state index is 0.417. The van der Waals surface area contributed by atoms with Crippen molar-refractivity contribution in [2.75, 3.05) is 11.1 Å². The van der Waals surface area contributed by atoms with Gasteiger partial charge in [-0.15, -0.1) is 6.42 Å². The van der Waals surface area contributed by atoms with Crippen molar-refractivity contribution in [3.63, 3.8) is 0 Å². The fourth-order valence-electron chi connectivity index (χ4n) is 1.93. The van der Waals surface area contributed by atoms with Crippen molar-refractivity contribution in [2.45, 2.75) is 0 Å². The Kier molecular flexibility index (Phi) is 3.42. The van der Waals surface area contributed by atoms with Crippen molar-refractivity contribution in [1.82, 2.24) is 15.0 Å². The van der Waals surface area contributed by atoms with Gasteiger partial charge in [-0.05, 0) is 40.2 Å². The van der Waals surface area contributed by atoms with Gasteiger partial charge in [-0.3, -0.25) is 0 Å². The lowest BCUT2D eigenvalue weighted by Gasteiger charge is -2.09. The number of halogens is 1. The number of hydrogen-bond acceptors (Lipinski definition) is 5. The molecule has 0 amide bonds. The van der Waals surface area contributed by atoms with E-state index in [2.05, 4.69) is 42.1 Å². The Morgan fingerprint density at radius 1 is 1.19 bits per heavy atom. The molecule has 2 aromatic heterocycles. The predicted molar refractivity (Wildman–Crippen MR) is 87.1 cm³/mol. The van der Waals surface area contributed by atoms with Crippen LogP contribution in [-0.2, 0) is 0 Å². The summed E-state index contributed by atoms with van der Waals surface area (Å²) < 4.78 is 0.872. The Labute approximate surface area is 129 Å². The molecule has 102 valence electrons. The second-order valence-electron chi connectivity index (χ2n) is 4.31. The summed E-state index contributed by atoms with van der Waals surface area (Å²) in [5.41, 5.74) is 8.04. The summed E-state index contributed by atoms with van der Waals surface area (Å²) in [5.74, 6) is 3.69. The third-order valence-corrected chi connectivity index (χ3v) is 3.62. The fraction of sp³-hybridized carbons (Fsp3) is 0. The second kappa shape index (κ2) is 5.38. The van der Waals surface area contributed by atoms with E-state index in [9.17, 15) is 0 Å². The summed E-state index contributed by atoms with van der Waals surface area (Å²) in [7, 11) is 0. The van der Waals surface area contributed by atoms with Crippen molar-refractivity contribution in [3.8, 4) is 12.3 Å². The minimum absolute atomic E-state index is 0.417. The highest BCUT2D eigenvalue weighted by molar-refractivity contribution is 9.10. The van der Waals surface area contributed by atoms with Crippen LogP contribution >= 0.6 is 15.9 Å². The third kappa shape index (κ3) is 2.64. The van der Waals surface area contributed by atoms with Gasteiger partial charge in [-0.25, -0.2) is 15.0 Å². The van der Waals surface area contributed by atoms with Gasteiger partial charge in [-0.1, -0.05) is 5.92 Å². The number of hydrogen-bond donors (Lipinski definition) is 2. The summed E-state index contributed by atoms with van der Waals surface area (Å²) in [5, 5.41) is 4.03. The molecule has 3 N–H and O–H groups in total. The summed E-state index contributed by atoms with van der Waals surface area (Å²) in [6.45, 7) is 0. The molecule has 0 spiro atoms. The molecule has 6 heteroatoms. The number of benzene rings is 1. The summed E-state index contributed by atoms with van der Waals surface area (Å²) in [4.78, 5) is 12.4. The van der Waals surface area contributed by atoms with E-state index in [-0.39, 0.29) is 0 Å². The Morgan fingerprint density at radius 2 is 2.05 bits per heavy atom. The van der Waals surface area contributed by atoms with E-state index >= 15 is 0 Å². The lowest BCUT2D eigenvalue weighted by molar-refractivity contribution is 1.20. The van der Waals surface area contributed by atoms with E-state index in [0.29, 0.717) is 11.6 Å². The first-order chi connectivity index (χ1) is 10.2. The molecule has 0 radical (unpaired) electrons. The molecular weight excluding hydrogens is 330 g/mol. The van der Waals surface area contributed by atoms with Crippen LogP contribution in [0.15, 0.2) is 41.3 Å². The maximum absolute atomic E-state index is 5.72. The number of rotatable bonds is 2. The number of pyridine rings is 1. The van der Waals surface area contributed by atoms with Crippen molar-refractivity contribution in [2.24, 2.45) is 0 Å². The number of nitrogens with zero attached hydrogens (tertiary/aromatic N) is 3. The minimum Gasteiger partial charge on any atom is -0.384 e. The predicted octanol–water partition coefficient (Wildman–Crippen LogP) is 3.09. The number of anilines is 3. The van der Waals surface area contributed by atoms with Crippen LogP contribution in [0.2, 0.25) is 0 Å². The molecule has 3 aromatic rings. The monoisotopic (exact) mass is 339 g/mol. The zero-order chi connectivity index (χ0) is 14.8. The van der Waals surface area contributed by atoms with Gasteiger partial charge in [0.25, 0.3) is 0 Å². The average Bonchev–Trinajstić information content (AvgIpc) is 2.50. The van der Waals surface area contributed by atoms with Crippen LogP contribution < -0.4 is 11.1 Å². The molecule has 0 fully saturated rings. The summed E-state index contributed by atoms with van der Waals surface area (Å²) in [6.07, 6.45) is 8.56. The van der Waals surface area contributed by atoms with Gasteiger partial charge in [0, 0.05) is 21.1 Å². The molecule has 5 nitrogen and oxygen atoms in total. The smallest absolute Gasteiger partial charge is 0.141 e. The van der Waals surface area contributed by atoms with Crippen molar-refractivity contribution < 1.29 is 0 Å². The quantitative estimate of drug-likeness (QED) is 0.701. The van der Waals surface area contributed by atoms with E-state index in [1.165, 1.54) is 6.33 Å². The zero-order valence-electron chi connectivity index (χ0n) is 10.8. The molecule has 2 heterocycles. The highest BCUT2D eigenvalue weighted by atomic mass is 79.9. The summed E-state index contributed by atoms with van der Waals surface area (Å²) >= 11 is 3.40. The number of fused-ring (bicyclic) bond motifs is 1. The molecular formula is C15H10BrN5. The van der Waals surface area contributed by atoms with Crippen LogP contribution in [0.5, 0.6) is 0 Å². The van der Waals surface area contributed by atoms with Gasteiger partial charge >= 0.3 is 0 Å². The molecule has 1 aromatic carbocycles. The first-order valence-electron chi connectivity index (χ1n) is 6.07. The number of nitrogens with two attached hydrogens (primary N) is 1. The van der Waals surface area contributed by atoms with Gasteiger partial charge < -0.3 is 11.1 Å². The highest BCUT2D eigenvalue weighted by Gasteiger charge is 2.06. The Balaban J connectivity index is 2.06. The van der Waals surface area contributed by atoms with E-state index in [0.717, 1.165) is 26.6 Å². The molecule has 0 bridgehead atoms. The molecule has 0 saturated heterocycles. The third-order valence-electron chi connectivity index (χ3n) is 2.93. The Morgan fingerprint density at radius 3 is 2.86 bits per heavy atom. The topological polar surface area (TPSA) is 76.7 Å². The molecule has 0 aliphatic heterocycles. The van der Waals surface area contributed by atoms with Crippen molar-refractivity contribution >= 4 is 44.2 Å². The maximum atomic E-state index is 5.72. The highest BCUT2D eigenvalue weighted by Crippen LogP contribution is 2.26. The summed E-state index contributed by atoms with van der Waals surface area (Å²) in [6, 6.07) is 7.39. The average molecular weight is 340 g/mol. The standard InChI is InChI=1S/C15H10BrN5/c1-2-9-5-10(3-4-12(9)16)21-15-11-6-14(17)18-7-13(11)19-8-20-15/h1,3-8H,(H2,17,18)(H,19,20,21). The van der Waals surface area contributed by atoms with Crippen LogP contribution in [0, 0.1) is 12.3 Å². The first kappa shape index (κ1) is 13.3. The normalized spacial score (nSPS) is 10.3. The lowest BCUT2D eigenvalue weighted by Crippen LogP contribution is -1.98. The number of terminal acetylenes is 1. The van der Waals surface area contributed by atoms with Crippen LogP contribution in [-0.4, -0.2) is 15.0 Å². The Hall–Kier alpha value is -2.65. The second-order valence-corrected chi connectivity index (χ2v) is 5.17. The van der Waals surface area contributed by atoms with Crippen LogP contribution in [0.4, 0.5) is 17.3 Å². The fourth-order valence-corrected chi connectivity index (χ4v) is 2.29. The molecule has 0 saturated carbocycles. The van der Waals surface area contributed by atoms with E-state index in [1.807, 2.05) is 18.2 Å². The van der Waals surface area contributed by atoms with Crippen molar-refractivity contribution in [3.05, 3.63) is 46.8 Å². The molecule has 3 rings (SSSR count). The van der Waals surface area contributed by atoms with Gasteiger partial charge in [0.05, 0.1) is 11.7 Å². The van der Waals surface area contributed by atoms with Crippen LogP contribution in [0.25, 0.3) is 10.9 Å². The van der Waals surface area contributed by atoms with E-state index < -0.39 is 0 Å². The molecule has 0 unspecified atom stereocenters. The first-order valence-corrected chi connectivity index (χ1v) is 6.86. The number of nitrogens with one attached hydrogen (secondary N) is 1. The molecule has 0 aliphatic carbocycles. The number of nitrogen functional groups attached to an aromatic ring is 1. The van der Waals surface area contributed by atoms with Gasteiger partial charge in [0.1, 0.15) is 18.0 Å². The largest absolute Gasteiger partial charge is 0.384 e. The van der Waals surface area contributed by atoms with E-state index in [1.54, 1.807) is 12.3 Å². The lowest BCUT2D eigenvalue weighted by atomic mass is 10.2. The molecule has 0 aliphatic rings. The number of aromatic nitrogens is 3.